The Hall–Kier alpha value is -1.67. The molecular weight excluding hydrogens is 418 g/mol. The van der Waals surface area contributed by atoms with Gasteiger partial charge < -0.3 is 20.3 Å². The van der Waals surface area contributed by atoms with Gasteiger partial charge in [0, 0.05) is 19.1 Å². The van der Waals surface area contributed by atoms with Gasteiger partial charge in [-0.05, 0) is 82.5 Å². The molecule has 1 aromatic heterocycles. The zero-order valence-corrected chi connectivity index (χ0v) is 20.2. The SMILES string of the molecule is CCN(CC)C(=O)c1sc(NC(=S)NC(C)C2CC3CCC2C3)c(C(=O)OC)c1C. The van der Waals surface area contributed by atoms with Crippen LogP contribution in [0.3, 0.4) is 0 Å². The van der Waals surface area contributed by atoms with E-state index in [1.165, 1.54) is 44.1 Å². The molecule has 0 saturated heterocycles. The van der Waals surface area contributed by atoms with E-state index in [1.807, 2.05) is 13.8 Å². The summed E-state index contributed by atoms with van der Waals surface area (Å²) in [5, 5.41) is 7.65. The van der Waals surface area contributed by atoms with Crippen LogP contribution in [0.1, 0.15) is 72.0 Å². The van der Waals surface area contributed by atoms with E-state index in [1.54, 1.807) is 11.8 Å². The maximum atomic E-state index is 12.9. The summed E-state index contributed by atoms with van der Waals surface area (Å²) >= 11 is 6.83. The van der Waals surface area contributed by atoms with Gasteiger partial charge in [-0.15, -0.1) is 11.3 Å². The van der Waals surface area contributed by atoms with Crippen LogP contribution in [0.2, 0.25) is 0 Å². The van der Waals surface area contributed by atoms with Crippen LogP contribution in [0.4, 0.5) is 5.00 Å². The maximum Gasteiger partial charge on any atom is 0.341 e. The molecule has 2 aliphatic carbocycles. The molecule has 4 unspecified atom stereocenters. The van der Waals surface area contributed by atoms with E-state index in [0.717, 1.165) is 11.8 Å². The van der Waals surface area contributed by atoms with Crippen LogP contribution < -0.4 is 10.6 Å². The summed E-state index contributed by atoms with van der Waals surface area (Å²) < 4.78 is 4.98. The Morgan fingerprint density at radius 1 is 1.27 bits per heavy atom. The molecule has 2 fully saturated rings. The second kappa shape index (κ2) is 9.64. The molecule has 0 spiro atoms. The molecule has 1 amide bonds. The first kappa shape index (κ1) is 23.0. The predicted octanol–water partition coefficient (Wildman–Crippen LogP) is 4.44. The van der Waals surface area contributed by atoms with Crippen LogP contribution in [0.25, 0.3) is 0 Å². The van der Waals surface area contributed by atoms with Gasteiger partial charge in [0.05, 0.1) is 17.6 Å². The Bertz CT molecular complexity index is 819. The smallest absolute Gasteiger partial charge is 0.341 e. The fourth-order valence-corrected chi connectivity index (χ4v) is 6.69. The van der Waals surface area contributed by atoms with Crippen LogP contribution in [-0.2, 0) is 4.74 Å². The van der Waals surface area contributed by atoms with Gasteiger partial charge in [-0.2, -0.15) is 0 Å². The first-order chi connectivity index (χ1) is 14.3. The minimum absolute atomic E-state index is 0.0741. The average molecular weight is 452 g/mol. The molecule has 4 atom stereocenters. The van der Waals surface area contributed by atoms with E-state index >= 15 is 0 Å². The Kier molecular flexibility index (Phi) is 7.39. The minimum atomic E-state index is -0.464. The molecule has 166 valence electrons. The quantitative estimate of drug-likeness (QED) is 0.472. The van der Waals surface area contributed by atoms with Gasteiger partial charge in [0.15, 0.2) is 5.11 Å². The van der Waals surface area contributed by atoms with Crippen molar-refractivity contribution in [2.45, 2.75) is 59.4 Å². The molecule has 2 aliphatic rings. The van der Waals surface area contributed by atoms with Crippen LogP contribution in [0.5, 0.6) is 0 Å². The van der Waals surface area contributed by atoms with Crippen LogP contribution >= 0.6 is 23.6 Å². The normalized spacial score (nSPS) is 23.2. The number of hydrogen-bond donors (Lipinski definition) is 2. The van der Waals surface area contributed by atoms with Crippen molar-refractivity contribution < 1.29 is 14.3 Å². The number of hydrogen-bond acceptors (Lipinski definition) is 5. The minimum Gasteiger partial charge on any atom is -0.465 e. The lowest BCUT2D eigenvalue weighted by molar-refractivity contribution is 0.0601. The molecule has 2 bridgehead atoms. The largest absolute Gasteiger partial charge is 0.465 e. The molecule has 3 rings (SSSR count). The van der Waals surface area contributed by atoms with Gasteiger partial charge in [-0.25, -0.2) is 4.79 Å². The van der Waals surface area contributed by atoms with Gasteiger partial charge in [0.25, 0.3) is 5.91 Å². The summed E-state index contributed by atoms with van der Waals surface area (Å²) in [6.07, 6.45) is 5.33. The van der Waals surface area contributed by atoms with Crippen molar-refractivity contribution in [3.63, 3.8) is 0 Å². The van der Waals surface area contributed by atoms with Gasteiger partial charge in [0.1, 0.15) is 5.00 Å². The van der Waals surface area contributed by atoms with E-state index in [0.29, 0.717) is 45.1 Å². The number of esters is 1. The maximum absolute atomic E-state index is 12.9. The summed E-state index contributed by atoms with van der Waals surface area (Å²) in [7, 11) is 1.35. The first-order valence-corrected chi connectivity index (χ1v) is 12.1. The number of anilines is 1. The summed E-state index contributed by atoms with van der Waals surface area (Å²) in [5.74, 6) is 1.79. The van der Waals surface area contributed by atoms with Gasteiger partial charge in [0.2, 0.25) is 0 Å². The lowest BCUT2D eigenvalue weighted by atomic mass is 9.84. The molecule has 0 aromatic carbocycles. The molecule has 1 heterocycles. The molecule has 2 N–H and O–H groups in total. The van der Waals surface area contributed by atoms with Crippen molar-refractivity contribution in [2.24, 2.45) is 17.8 Å². The number of amides is 1. The number of thiophene rings is 1. The number of carbonyl (C=O) groups excluding carboxylic acids is 2. The Balaban J connectivity index is 1.76. The van der Waals surface area contributed by atoms with Gasteiger partial charge in [-0.3, -0.25) is 4.79 Å². The lowest BCUT2D eigenvalue weighted by Crippen LogP contribution is -2.42. The number of methoxy groups -OCH3 is 1. The fourth-order valence-electron chi connectivity index (χ4n) is 5.17. The highest BCUT2D eigenvalue weighted by molar-refractivity contribution is 7.80. The van der Waals surface area contributed by atoms with Crippen LogP contribution in [-0.4, -0.2) is 48.1 Å². The number of nitrogens with zero attached hydrogens (tertiary/aromatic N) is 1. The first-order valence-electron chi connectivity index (χ1n) is 10.9. The number of rotatable bonds is 7. The summed E-state index contributed by atoms with van der Waals surface area (Å²) in [6.45, 7) is 9.10. The topological polar surface area (TPSA) is 70.7 Å². The van der Waals surface area contributed by atoms with Crippen molar-refractivity contribution in [3.05, 3.63) is 16.0 Å². The summed E-state index contributed by atoms with van der Waals surface area (Å²) in [6, 6.07) is 0.278. The third-order valence-electron chi connectivity index (χ3n) is 6.80. The van der Waals surface area contributed by atoms with Gasteiger partial charge >= 0.3 is 5.97 Å². The highest BCUT2D eigenvalue weighted by atomic mass is 32.1. The second-order valence-electron chi connectivity index (χ2n) is 8.46. The highest BCUT2D eigenvalue weighted by Crippen LogP contribution is 2.49. The Morgan fingerprint density at radius 2 is 1.97 bits per heavy atom. The molecule has 30 heavy (non-hydrogen) atoms. The van der Waals surface area contributed by atoms with Gasteiger partial charge in [-0.1, -0.05) is 6.42 Å². The van der Waals surface area contributed by atoms with Crippen molar-refractivity contribution in [1.82, 2.24) is 10.2 Å². The second-order valence-corrected chi connectivity index (χ2v) is 9.88. The average Bonchev–Trinajstić information content (AvgIpc) is 3.43. The van der Waals surface area contributed by atoms with Crippen molar-refractivity contribution >= 4 is 45.5 Å². The Labute approximate surface area is 188 Å². The number of fused-ring (bicyclic) bond motifs is 2. The number of ether oxygens (including phenoxy) is 1. The van der Waals surface area contributed by atoms with Crippen LogP contribution in [0, 0.1) is 24.7 Å². The monoisotopic (exact) mass is 451 g/mol. The van der Waals surface area contributed by atoms with E-state index in [9.17, 15) is 9.59 Å². The fraction of sp³-hybridized carbons (Fsp3) is 0.682. The van der Waals surface area contributed by atoms with E-state index in [-0.39, 0.29) is 11.9 Å². The zero-order valence-electron chi connectivity index (χ0n) is 18.5. The molecule has 1 aromatic rings. The zero-order chi connectivity index (χ0) is 22.0. The molecule has 0 radical (unpaired) electrons. The highest BCUT2D eigenvalue weighted by Gasteiger charge is 2.42. The number of thiocarbonyl (C=S) groups is 1. The van der Waals surface area contributed by atoms with E-state index in [4.69, 9.17) is 17.0 Å². The summed E-state index contributed by atoms with van der Waals surface area (Å²) in [5.41, 5.74) is 1.02. The number of nitrogens with one attached hydrogen (secondary N) is 2. The van der Waals surface area contributed by atoms with E-state index < -0.39 is 5.97 Å². The van der Waals surface area contributed by atoms with Crippen LogP contribution in [0.15, 0.2) is 0 Å². The molecule has 8 heteroatoms. The molecule has 2 saturated carbocycles. The number of carbonyl (C=O) groups is 2. The van der Waals surface area contributed by atoms with Crippen molar-refractivity contribution in [3.8, 4) is 0 Å². The molecular formula is C22H33N3O3S2. The third-order valence-corrected chi connectivity index (χ3v) is 8.22. The summed E-state index contributed by atoms with van der Waals surface area (Å²) in [4.78, 5) is 27.7. The Morgan fingerprint density at radius 3 is 2.50 bits per heavy atom. The third kappa shape index (κ3) is 4.49. The van der Waals surface area contributed by atoms with Crippen molar-refractivity contribution in [2.75, 3.05) is 25.5 Å². The molecule has 6 nitrogen and oxygen atoms in total. The standard InChI is InChI=1S/C22H33N3O3S2/c1-6-25(7-2)20(26)18-12(3)17(21(27)28-5)19(30-18)24-22(29)23-13(4)16-11-14-8-9-15(16)10-14/h13-16H,6-11H2,1-5H3,(H2,23,24,29). The lowest BCUT2D eigenvalue weighted by Gasteiger charge is -2.29. The van der Waals surface area contributed by atoms with E-state index in [2.05, 4.69) is 17.6 Å². The van der Waals surface area contributed by atoms with Crippen molar-refractivity contribution in [1.29, 1.82) is 0 Å². The molecule has 0 aliphatic heterocycles. The predicted molar refractivity (Wildman–Crippen MR) is 125 cm³/mol.